The molecule has 132 valence electrons. The first-order valence-corrected chi connectivity index (χ1v) is 7.44. The molecule has 0 unspecified atom stereocenters. The monoisotopic (exact) mass is 368 g/mol. The van der Waals surface area contributed by atoms with Crippen LogP contribution in [0, 0.1) is 15.9 Å². The fourth-order valence-electron chi connectivity index (χ4n) is 1.95. The van der Waals surface area contributed by atoms with Crippen LogP contribution in [0.1, 0.15) is 6.92 Å². The summed E-state index contributed by atoms with van der Waals surface area (Å²) in [6.07, 6.45) is -0.956. The molecule has 0 aliphatic heterocycles. The number of benzene rings is 2. The molecule has 0 radical (unpaired) electrons. The zero-order chi connectivity index (χ0) is 18.6. The summed E-state index contributed by atoms with van der Waals surface area (Å²) in [5.74, 6) is -0.770. The molecule has 1 atom stereocenters. The lowest BCUT2D eigenvalue weighted by Gasteiger charge is -2.16. The standard InChI is InChI=1S/C16H14ClFN2O5/c1-9(25-14-6-3-10(18)7-12(14)17)16(21)19-13-5-4-11(20(22)23)8-15(13)24-2/h3-9H,1-2H3,(H,19,21)/t9-/m0/s1. The largest absolute Gasteiger partial charge is 0.494 e. The first-order chi connectivity index (χ1) is 11.8. The number of carbonyl (C=O) groups excluding carboxylic acids is 1. The van der Waals surface area contributed by atoms with E-state index in [1.807, 2.05) is 0 Å². The van der Waals surface area contributed by atoms with E-state index in [4.69, 9.17) is 21.1 Å². The van der Waals surface area contributed by atoms with Crippen LogP contribution in [0.4, 0.5) is 15.8 Å². The van der Waals surface area contributed by atoms with Crippen molar-refractivity contribution in [2.75, 3.05) is 12.4 Å². The van der Waals surface area contributed by atoms with Crippen LogP contribution >= 0.6 is 11.6 Å². The van der Waals surface area contributed by atoms with Gasteiger partial charge >= 0.3 is 0 Å². The van der Waals surface area contributed by atoms with Crippen molar-refractivity contribution in [1.82, 2.24) is 0 Å². The van der Waals surface area contributed by atoms with Crippen molar-refractivity contribution in [2.24, 2.45) is 0 Å². The molecule has 7 nitrogen and oxygen atoms in total. The van der Waals surface area contributed by atoms with E-state index in [0.29, 0.717) is 0 Å². The van der Waals surface area contributed by atoms with E-state index in [2.05, 4.69) is 5.32 Å². The molecule has 1 amide bonds. The molecule has 0 aliphatic carbocycles. The van der Waals surface area contributed by atoms with Crippen molar-refractivity contribution in [3.05, 3.63) is 57.4 Å². The van der Waals surface area contributed by atoms with Gasteiger partial charge in [0.2, 0.25) is 0 Å². The van der Waals surface area contributed by atoms with Crippen LogP contribution in [0.3, 0.4) is 0 Å². The minimum Gasteiger partial charge on any atom is -0.494 e. The third-order valence-electron chi connectivity index (χ3n) is 3.22. The zero-order valence-corrected chi connectivity index (χ0v) is 14.0. The van der Waals surface area contributed by atoms with Crippen molar-refractivity contribution < 1.29 is 23.6 Å². The summed E-state index contributed by atoms with van der Waals surface area (Å²) in [5, 5.41) is 13.4. The fraction of sp³-hybridized carbons (Fsp3) is 0.188. The van der Waals surface area contributed by atoms with Gasteiger partial charge in [-0.3, -0.25) is 14.9 Å². The minimum absolute atomic E-state index is 0.0348. The highest BCUT2D eigenvalue weighted by Crippen LogP contribution is 2.30. The van der Waals surface area contributed by atoms with Gasteiger partial charge in [0.1, 0.15) is 17.3 Å². The fourth-order valence-corrected chi connectivity index (χ4v) is 2.16. The van der Waals surface area contributed by atoms with Crippen LogP contribution in [0.2, 0.25) is 5.02 Å². The molecule has 25 heavy (non-hydrogen) atoms. The van der Waals surface area contributed by atoms with Gasteiger partial charge in [0.05, 0.1) is 28.8 Å². The molecule has 2 aromatic rings. The molecule has 1 N–H and O–H groups in total. The maximum Gasteiger partial charge on any atom is 0.273 e. The molecule has 0 bridgehead atoms. The van der Waals surface area contributed by atoms with Gasteiger partial charge in [-0.1, -0.05) is 11.6 Å². The highest BCUT2D eigenvalue weighted by Gasteiger charge is 2.19. The molecule has 9 heteroatoms. The molecule has 2 aromatic carbocycles. The Hall–Kier alpha value is -2.87. The molecule has 0 fully saturated rings. The number of halogens is 2. The van der Waals surface area contributed by atoms with Gasteiger partial charge in [-0.2, -0.15) is 0 Å². The maximum absolute atomic E-state index is 13.0. The summed E-state index contributed by atoms with van der Waals surface area (Å²) in [6.45, 7) is 1.48. The van der Waals surface area contributed by atoms with E-state index >= 15 is 0 Å². The smallest absolute Gasteiger partial charge is 0.273 e. The average Bonchev–Trinajstić information content (AvgIpc) is 2.57. The summed E-state index contributed by atoms with van der Waals surface area (Å²) in [5.41, 5.74) is 0.0796. The van der Waals surface area contributed by atoms with E-state index in [-0.39, 0.29) is 27.9 Å². The molecule has 0 spiro atoms. The van der Waals surface area contributed by atoms with E-state index < -0.39 is 22.8 Å². The summed E-state index contributed by atoms with van der Waals surface area (Å²) in [7, 11) is 1.33. The predicted molar refractivity (Wildman–Crippen MR) is 89.8 cm³/mol. The first-order valence-electron chi connectivity index (χ1n) is 7.07. The number of nitro benzene ring substituents is 1. The predicted octanol–water partition coefficient (Wildman–Crippen LogP) is 3.80. The van der Waals surface area contributed by atoms with Crippen LogP contribution in [0.15, 0.2) is 36.4 Å². The van der Waals surface area contributed by atoms with Crippen molar-refractivity contribution >= 4 is 28.9 Å². The van der Waals surface area contributed by atoms with Crippen LogP contribution in [0.5, 0.6) is 11.5 Å². The summed E-state index contributed by atoms with van der Waals surface area (Å²) >= 11 is 5.85. The third kappa shape index (κ3) is 4.57. The number of amides is 1. The number of hydrogen-bond donors (Lipinski definition) is 1. The van der Waals surface area contributed by atoms with Crippen molar-refractivity contribution in [2.45, 2.75) is 13.0 Å². The Morgan fingerprint density at radius 2 is 2.00 bits per heavy atom. The molecule has 0 saturated carbocycles. The van der Waals surface area contributed by atoms with E-state index in [1.165, 1.54) is 38.3 Å². The number of methoxy groups -OCH3 is 1. The van der Waals surface area contributed by atoms with E-state index in [9.17, 15) is 19.3 Å². The first kappa shape index (κ1) is 18.5. The Morgan fingerprint density at radius 1 is 1.28 bits per heavy atom. The number of anilines is 1. The molecule has 0 aliphatic rings. The Bertz CT molecular complexity index is 815. The van der Waals surface area contributed by atoms with Gasteiger partial charge < -0.3 is 14.8 Å². The van der Waals surface area contributed by atoms with Gasteiger partial charge in [0.25, 0.3) is 11.6 Å². The topological polar surface area (TPSA) is 90.7 Å². The minimum atomic E-state index is -0.956. The van der Waals surface area contributed by atoms with Crippen LogP contribution in [-0.2, 0) is 4.79 Å². The lowest BCUT2D eigenvalue weighted by molar-refractivity contribution is -0.384. The number of carbonyl (C=O) groups is 1. The Balaban J connectivity index is 2.11. The molecular weight excluding hydrogens is 355 g/mol. The molecule has 0 aromatic heterocycles. The SMILES string of the molecule is COc1cc([N+](=O)[O-])ccc1NC(=O)[C@H](C)Oc1ccc(F)cc1Cl. The number of nitrogens with zero attached hydrogens (tertiary/aromatic N) is 1. The van der Waals surface area contributed by atoms with E-state index in [0.717, 1.165) is 12.1 Å². The van der Waals surface area contributed by atoms with Gasteiger partial charge in [0.15, 0.2) is 6.10 Å². The average molecular weight is 369 g/mol. The van der Waals surface area contributed by atoms with Crippen LogP contribution in [0.25, 0.3) is 0 Å². The number of nitro groups is 1. The normalized spacial score (nSPS) is 11.5. The maximum atomic E-state index is 13.0. The van der Waals surface area contributed by atoms with Crippen molar-refractivity contribution in [3.8, 4) is 11.5 Å². The number of nitrogens with one attached hydrogen (secondary N) is 1. The molecule has 0 saturated heterocycles. The summed E-state index contributed by atoms with van der Waals surface area (Å²) in [4.78, 5) is 22.4. The Morgan fingerprint density at radius 3 is 2.60 bits per heavy atom. The lowest BCUT2D eigenvalue weighted by Crippen LogP contribution is -2.30. The number of non-ortho nitro benzene ring substituents is 1. The molecule has 2 rings (SSSR count). The second kappa shape index (κ2) is 7.80. The Labute approximate surface area is 147 Å². The zero-order valence-electron chi connectivity index (χ0n) is 13.3. The van der Waals surface area contributed by atoms with Gasteiger partial charge in [-0.15, -0.1) is 0 Å². The second-order valence-electron chi connectivity index (χ2n) is 4.97. The van der Waals surface area contributed by atoms with Crippen LogP contribution in [-0.4, -0.2) is 24.0 Å². The van der Waals surface area contributed by atoms with Gasteiger partial charge in [0, 0.05) is 6.07 Å². The van der Waals surface area contributed by atoms with Crippen molar-refractivity contribution in [3.63, 3.8) is 0 Å². The van der Waals surface area contributed by atoms with Crippen molar-refractivity contribution in [1.29, 1.82) is 0 Å². The number of hydrogen-bond acceptors (Lipinski definition) is 5. The van der Waals surface area contributed by atoms with Gasteiger partial charge in [-0.25, -0.2) is 4.39 Å². The molecular formula is C16H14ClFN2O5. The highest BCUT2D eigenvalue weighted by atomic mass is 35.5. The highest BCUT2D eigenvalue weighted by molar-refractivity contribution is 6.32. The number of rotatable bonds is 6. The molecule has 0 heterocycles. The third-order valence-corrected chi connectivity index (χ3v) is 3.52. The quantitative estimate of drug-likeness (QED) is 0.618. The van der Waals surface area contributed by atoms with Crippen LogP contribution < -0.4 is 14.8 Å². The summed E-state index contributed by atoms with van der Waals surface area (Å²) in [6, 6.07) is 7.32. The lowest BCUT2D eigenvalue weighted by atomic mass is 10.2. The second-order valence-corrected chi connectivity index (χ2v) is 5.37. The number of ether oxygens (including phenoxy) is 2. The van der Waals surface area contributed by atoms with E-state index in [1.54, 1.807) is 0 Å². The summed E-state index contributed by atoms with van der Waals surface area (Å²) < 4.78 is 23.5. The Kier molecular flexibility index (Phi) is 5.76. The van der Waals surface area contributed by atoms with Gasteiger partial charge in [-0.05, 0) is 31.2 Å².